The third kappa shape index (κ3) is 4.41. The molecule has 0 unspecified atom stereocenters. The molecule has 0 bridgehead atoms. The second kappa shape index (κ2) is 9.76. The van der Waals surface area contributed by atoms with E-state index in [1.807, 2.05) is 24.3 Å². The number of hydrogen-bond acceptors (Lipinski definition) is 8. The third-order valence-corrected chi connectivity index (χ3v) is 7.40. The summed E-state index contributed by atoms with van der Waals surface area (Å²) in [7, 11) is 0. The first kappa shape index (κ1) is 27.4. The Kier molecular flexibility index (Phi) is 6.68. The van der Waals surface area contributed by atoms with Crippen LogP contribution >= 0.6 is 0 Å². The number of nitrogens with zero attached hydrogens (tertiary/aromatic N) is 2. The van der Waals surface area contributed by atoms with Gasteiger partial charge in [0.2, 0.25) is 5.60 Å². The maximum atomic E-state index is 13.8. The number of aryl methyl sites for hydroxylation is 1. The lowest BCUT2D eigenvalue weighted by Gasteiger charge is -2.36. The van der Waals surface area contributed by atoms with Gasteiger partial charge in [-0.25, -0.2) is 19.4 Å². The summed E-state index contributed by atoms with van der Waals surface area (Å²) < 4.78 is 18.1. The number of ether oxygens (including phenoxy) is 3. The van der Waals surface area contributed by atoms with E-state index in [0.29, 0.717) is 17.9 Å². The molecule has 0 fully saturated rings. The van der Waals surface area contributed by atoms with Gasteiger partial charge in [-0.3, -0.25) is 4.79 Å². The maximum Gasteiger partial charge on any atom is 0.408 e. The van der Waals surface area contributed by atoms with Gasteiger partial charge in [0.05, 0.1) is 29.0 Å². The predicted molar refractivity (Wildman–Crippen MR) is 147 cm³/mol. The summed E-state index contributed by atoms with van der Waals surface area (Å²) in [6, 6.07) is 8.44. The molecule has 0 saturated carbocycles. The third-order valence-electron chi connectivity index (χ3n) is 7.40. The number of rotatable bonds is 5. The van der Waals surface area contributed by atoms with Crippen LogP contribution in [-0.2, 0) is 49.0 Å². The number of para-hydroxylation sites is 1. The molecule has 2 atom stereocenters. The number of benzene rings is 1. The van der Waals surface area contributed by atoms with Gasteiger partial charge in [-0.05, 0) is 58.2 Å². The molecule has 1 amide bonds. The molecule has 0 aliphatic carbocycles. The zero-order chi connectivity index (χ0) is 29.0. The average molecular weight is 548 g/mol. The Bertz CT molecular complexity index is 1620. The van der Waals surface area contributed by atoms with E-state index in [0.717, 1.165) is 28.5 Å². The van der Waals surface area contributed by atoms with E-state index in [9.17, 15) is 19.2 Å². The van der Waals surface area contributed by atoms with Gasteiger partial charge >= 0.3 is 18.0 Å². The number of esters is 2. The Labute approximate surface area is 231 Å². The number of aromatic nitrogens is 2. The smallest absolute Gasteiger partial charge is 0.408 e. The number of pyridine rings is 2. The van der Waals surface area contributed by atoms with Crippen molar-refractivity contribution in [2.75, 3.05) is 0 Å². The van der Waals surface area contributed by atoms with Crippen LogP contribution in [0.25, 0.3) is 22.3 Å². The molecule has 0 radical (unpaired) electrons. The van der Waals surface area contributed by atoms with Crippen LogP contribution in [0, 0.1) is 0 Å². The van der Waals surface area contributed by atoms with Gasteiger partial charge in [0.15, 0.2) is 0 Å². The van der Waals surface area contributed by atoms with Gasteiger partial charge in [-0.1, -0.05) is 32.0 Å². The summed E-state index contributed by atoms with van der Waals surface area (Å²) in [6.45, 7) is 10.4. The molecule has 4 heterocycles. The van der Waals surface area contributed by atoms with Crippen molar-refractivity contribution in [1.82, 2.24) is 14.9 Å². The molecule has 2 aliphatic heterocycles. The molecule has 2 aromatic heterocycles. The molecule has 2 aliphatic rings. The number of carbonyl (C=O) groups excluding carboxylic acids is 3. The van der Waals surface area contributed by atoms with Crippen LogP contribution in [-0.4, -0.2) is 39.2 Å². The summed E-state index contributed by atoms with van der Waals surface area (Å²) in [5.74, 6) is -1.64. The number of cyclic esters (lactones) is 1. The largest absolute Gasteiger partial charge is 0.457 e. The van der Waals surface area contributed by atoms with E-state index in [1.54, 1.807) is 38.3 Å². The highest BCUT2D eigenvalue weighted by Gasteiger charge is 2.51. The number of nitrogens with one attached hydrogen (secondary N) is 1. The highest BCUT2D eigenvalue weighted by molar-refractivity contribution is 5.91. The van der Waals surface area contributed by atoms with Crippen molar-refractivity contribution in [3.63, 3.8) is 0 Å². The van der Waals surface area contributed by atoms with E-state index in [1.165, 1.54) is 6.92 Å². The van der Waals surface area contributed by atoms with Crippen molar-refractivity contribution in [2.24, 2.45) is 0 Å². The normalized spacial score (nSPS) is 18.3. The Morgan fingerprint density at radius 1 is 1.18 bits per heavy atom. The minimum absolute atomic E-state index is 0.0187. The van der Waals surface area contributed by atoms with Crippen molar-refractivity contribution >= 4 is 28.9 Å². The first-order valence-electron chi connectivity index (χ1n) is 13.5. The van der Waals surface area contributed by atoms with E-state index < -0.39 is 35.3 Å². The molecule has 1 N–H and O–H groups in total. The summed E-state index contributed by atoms with van der Waals surface area (Å²) >= 11 is 0. The minimum Gasteiger partial charge on any atom is -0.457 e. The first-order chi connectivity index (χ1) is 18.9. The van der Waals surface area contributed by atoms with Gasteiger partial charge in [-0.2, -0.15) is 0 Å². The molecule has 1 aromatic carbocycles. The molecule has 5 rings (SSSR count). The Hall–Kier alpha value is -4.21. The highest BCUT2D eigenvalue weighted by Crippen LogP contribution is 2.42. The monoisotopic (exact) mass is 547 g/mol. The Morgan fingerprint density at radius 3 is 2.58 bits per heavy atom. The van der Waals surface area contributed by atoms with Crippen molar-refractivity contribution in [2.45, 2.75) is 84.8 Å². The minimum atomic E-state index is -1.86. The molecule has 10 heteroatoms. The predicted octanol–water partition coefficient (Wildman–Crippen LogP) is 4.11. The number of amides is 1. The molecular formula is C30H33N3O7. The fraction of sp³-hybridized carbons (Fsp3) is 0.433. The molecule has 0 spiro atoms. The van der Waals surface area contributed by atoms with Crippen molar-refractivity contribution in [3.8, 4) is 11.4 Å². The lowest BCUT2D eigenvalue weighted by molar-refractivity contribution is -0.190. The van der Waals surface area contributed by atoms with Gasteiger partial charge < -0.3 is 24.1 Å². The van der Waals surface area contributed by atoms with Crippen LogP contribution in [0.3, 0.4) is 0 Å². The van der Waals surface area contributed by atoms with Crippen LogP contribution in [0.5, 0.6) is 0 Å². The van der Waals surface area contributed by atoms with Crippen molar-refractivity contribution in [3.05, 3.63) is 62.9 Å². The highest BCUT2D eigenvalue weighted by atomic mass is 16.6. The number of carbonyl (C=O) groups is 3. The average Bonchev–Trinajstić information content (AvgIpc) is 3.26. The van der Waals surface area contributed by atoms with Crippen molar-refractivity contribution < 1.29 is 28.6 Å². The quantitative estimate of drug-likeness (QED) is 0.292. The lowest BCUT2D eigenvalue weighted by Crippen LogP contribution is -2.51. The topological polar surface area (TPSA) is 126 Å². The summed E-state index contributed by atoms with van der Waals surface area (Å²) in [6.07, 6.45) is -0.0222. The van der Waals surface area contributed by atoms with E-state index in [4.69, 9.17) is 19.2 Å². The van der Waals surface area contributed by atoms with Gasteiger partial charge in [0, 0.05) is 16.5 Å². The fourth-order valence-corrected chi connectivity index (χ4v) is 5.48. The van der Waals surface area contributed by atoms with E-state index in [2.05, 4.69) is 12.2 Å². The first-order valence-corrected chi connectivity index (χ1v) is 13.5. The molecular weight excluding hydrogens is 514 g/mol. The SMILES string of the molecule is CCc1c2c(nc3ccccc13)-c1cc3c(c(=O)n1C2)COC(=O)[C@@]3(CC)OC(=O)[C@H](C)NC(=O)OC(C)(C)C. The zero-order valence-electron chi connectivity index (χ0n) is 23.5. The van der Waals surface area contributed by atoms with Gasteiger partial charge in [-0.15, -0.1) is 0 Å². The number of hydrogen-bond donors (Lipinski definition) is 1. The molecule has 3 aromatic rings. The van der Waals surface area contributed by atoms with E-state index >= 15 is 0 Å². The fourth-order valence-electron chi connectivity index (χ4n) is 5.48. The molecule has 210 valence electrons. The summed E-state index contributed by atoms with van der Waals surface area (Å²) in [4.78, 5) is 57.4. The Morgan fingerprint density at radius 2 is 1.90 bits per heavy atom. The number of fused-ring (bicyclic) bond motifs is 5. The van der Waals surface area contributed by atoms with Crippen molar-refractivity contribution in [1.29, 1.82) is 0 Å². The standard InChI is InChI=1S/C30H33N3O7/c1-7-17-18-11-9-10-12-22(18)32-24-19(17)14-33-23(24)13-21-20(25(33)34)15-38-27(36)30(21,8-2)39-26(35)16(3)31-28(37)40-29(4,5)6/h9-13,16H,7-8,14-15H2,1-6H3,(H,31,37)/t16-,30-/m0/s1. The zero-order valence-corrected chi connectivity index (χ0v) is 23.5. The van der Waals surface area contributed by atoms with Crippen LogP contribution in [0.1, 0.15) is 70.2 Å². The molecule has 40 heavy (non-hydrogen) atoms. The van der Waals surface area contributed by atoms with Gasteiger partial charge in [0.1, 0.15) is 18.2 Å². The second-order valence-electron chi connectivity index (χ2n) is 11.1. The summed E-state index contributed by atoms with van der Waals surface area (Å²) in [5.41, 5.74) is 1.70. The molecule has 0 saturated heterocycles. The number of alkyl carbamates (subject to hydrolysis) is 1. The molecule has 10 nitrogen and oxygen atoms in total. The van der Waals surface area contributed by atoms with Crippen LogP contribution in [0.2, 0.25) is 0 Å². The van der Waals surface area contributed by atoms with E-state index in [-0.39, 0.29) is 29.7 Å². The maximum absolute atomic E-state index is 13.8. The summed E-state index contributed by atoms with van der Waals surface area (Å²) in [5, 5.41) is 3.48. The van der Waals surface area contributed by atoms with Crippen LogP contribution < -0.4 is 10.9 Å². The van der Waals surface area contributed by atoms with Crippen LogP contribution in [0.15, 0.2) is 35.1 Å². The second-order valence-corrected chi connectivity index (χ2v) is 11.1. The van der Waals surface area contributed by atoms with Gasteiger partial charge in [0.25, 0.3) is 5.56 Å². The van der Waals surface area contributed by atoms with Crippen LogP contribution in [0.4, 0.5) is 4.79 Å². The lowest BCUT2D eigenvalue weighted by atomic mass is 9.85. The Balaban J connectivity index is 1.58.